The first kappa shape index (κ1) is 38.3. The summed E-state index contributed by atoms with van der Waals surface area (Å²) in [5.41, 5.74) is 0.587. The number of nitrogens with one attached hydrogen (secondary N) is 1. The van der Waals surface area contributed by atoms with Gasteiger partial charge in [0.1, 0.15) is 18.8 Å². The molecule has 53 heavy (non-hydrogen) atoms. The number of esters is 3. The minimum atomic E-state index is -1.43. The number of hydroxylamine groups is 2. The molecule has 5 atom stereocenters. The zero-order chi connectivity index (χ0) is 37.7. The van der Waals surface area contributed by atoms with Gasteiger partial charge in [0.25, 0.3) is 11.8 Å². The summed E-state index contributed by atoms with van der Waals surface area (Å²) in [6, 6.07) is 22.9. The maximum atomic E-state index is 13.5. The molecule has 0 spiro atoms. The molecule has 0 saturated carbocycles. The predicted octanol–water partition coefficient (Wildman–Crippen LogP) is 3.32. The van der Waals surface area contributed by atoms with Gasteiger partial charge in [0.15, 0.2) is 18.5 Å². The summed E-state index contributed by atoms with van der Waals surface area (Å²) in [6.07, 6.45) is -5.21. The van der Waals surface area contributed by atoms with Gasteiger partial charge in [0, 0.05) is 32.8 Å². The summed E-state index contributed by atoms with van der Waals surface area (Å²) in [7, 11) is 0. The second-order valence-corrected chi connectivity index (χ2v) is 12.1. The van der Waals surface area contributed by atoms with Crippen molar-refractivity contribution in [3.8, 4) is 0 Å². The van der Waals surface area contributed by atoms with E-state index >= 15 is 0 Å². The molecular weight excluding hydrogens is 692 g/mol. The zero-order valence-electron chi connectivity index (χ0n) is 28.8. The molecule has 278 valence electrons. The van der Waals surface area contributed by atoms with Crippen molar-refractivity contribution in [2.75, 3.05) is 13.2 Å². The smallest absolute Gasteiger partial charge is 0.338 e. The van der Waals surface area contributed by atoms with Gasteiger partial charge in [-0.3, -0.25) is 14.4 Å². The van der Waals surface area contributed by atoms with E-state index in [2.05, 4.69) is 5.32 Å². The molecule has 2 aliphatic heterocycles. The fourth-order valence-corrected chi connectivity index (χ4v) is 5.57. The van der Waals surface area contributed by atoms with Crippen molar-refractivity contribution in [3.63, 3.8) is 0 Å². The van der Waals surface area contributed by atoms with Crippen LogP contribution in [0.15, 0.2) is 91.0 Å². The lowest BCUT2D eigenvalue weighted by atomic mass is 9.95. The second-order valence-electron chi connectivity index (χ2n) is 12.1. The van der Waals surface area contributed by atoms with Crippen molar-refractivity contribution in [2.45, 2.75) is 69.7 Å². The molecule has 0 aromatic heterocycles. The van der Waals surface area contributed by atoms with Gasteiger partial charge in [-0.15, -0.1) is 5.06 Å². The molecule has 3 aromatic rings. The van der Waals surface area contributed by atoms with Gasteiger partial charge in [-0.05, 0) is 49.2 Å². The zero-order valence-corrected chi connectivity index (χ0v) is 28.8. The van der Waals surface area contributed by atoms with E-state index in [4.69, 9.17) is 28.5 Å². The number of carbonyl (C=O) groups is 7. The fraction of sp³-hybridized carbons (Fsp3) is 0.342. The van der Waals surface area contributed by atoms with Crippen LogP contribution >= 0.6 is 0 Å². The number of hydrogen-bond acceptors (Lipinski definition) is 13. The number of amides is 3. The Bertz CT molecular complexity index is 1750. The van der Waals surface area contributed by atoms with Crippen molar-refractivity contribution in [1.29, 1.82) is 0 Å². The highest BCUT2D eigenvalue weighted by Gasteiger charge is 2.52. The van der Waals surface area contributed by atoms with Crippen LogP contribution in [0.5, 0.6) is 0 Å². The summed E-state index contributed by atoms with van der Waals surface area (Å²) < 4.78 is 29.8. The maximum Gasteiger partial charge on any atom is 0.338 e. The Balaban J connectivity index is 1.37. The molecule has 2 aliphatic rings. The van der Waals surface area contributed by atoms with Gasteiger partial charge in [0.2, 0.25) is 5.91 Å². The third kappa shape index (κ3) is 10.6. The molecule has 2 heterocycles. The first-order valence-electron chi connectivity index (χ1n) is 17.0. The molecule has 0 radical (unpaired) electrons. The number of rotatable bonds is 15. The van der Waals surface area contributed by atoms with Crippen LogP contribution in [-0.4, -0.2) is 90.5 Å². The topological polar surface area (TPSA) is 190 Å². The molecule has 0 aliphatic carbocycles. The van der Waals surface area contributed by atoms with Crippen LogP contribution in [-0.2, 0) is 47.7 Å². The second kappa shape index (κ2) is 18.5. The average molecular weight is 731 g/mol. The summed E-state index contributed by atoms with van der Waals surface area (Å²) in [6.45, 7) is 0.694. The van der Waals surface area contributed by atoms with Crippen molar-refractivity contribution >= 4 is 41.6 Å². The summed E-state index contributed by atoms with van der Waals surface area (Å²) in [5.74, 6) is -4.83. The average Bonchev–Trinajstić information content (AvgIpc) is 3.48. The monoisotopic (exact) mass is 730 g/mol. The quantitative estimate of drug-likeness (QED) is 0.104. The molecule has 5 rings (SSSR count). The van der Waals surface area contributed by atoms with Crippen molar-refractivity contribution in [2.24, 2.45) is 0 Å². The highest BCUT2D eigenvalue weighted by Crippen LogP contribution is 2.30. The fourth-order valence-electron chi connectivity index (χ4n) is 5.57. The highest BCUT2D eigenvalue weighted by atomic mass is 16.7. The Morgan fingerprint density at radius 1 is 0.717 bits per heavy atom. The number of unbranched alkanes of at least 4 members (excludes halogenated alkanes) is 1. The van der Waals surface area contributed by atoms with E-state index in [-0.39, 0.29) is 55.4 Å². The minimum Gasteiger partial charge on any atom is -0.459 e. The number of nitrogens with zero attached hydrogens (tertiary/aromatic N) is 1. The summed E-state index contributed by atoms with van der Waals surface area (Å²) in [5, 5.41) is 3.16. The molecular formula is C38H38N2O13. The third-order valence-electron chi connectivity index (χ3n) is 8.17. The van der Waals surface area contributed by atoms with Gasteiger partial charge < -0.3 is 33.8 Å². The predicted molar refractivity (Wildman–Crippen MR) is 181 cm³/mol. The van der Waals surface area contributed by atoms with Crippen molar-refractivity contribution in [1.82, 2.24) is 10.4 Å². The third-order valence-corrected chi connectivity index (χ3v) is 8.17. The highest BCUT2D eigenvalue weighted by molar-refractivity contribution is 6.01. The van der Waals surface area contributed by atoms with E-state index in [1.807, 2.05) is 0 Å². The first-order chi connectivity index (χ1) is 25.6. The Morgan fingerprint density at radius 3 is 1.75 bits per heavy atom. The van der Waals surface area contributed by atoms with E-state index in [0.29, 0.717) is 5.06 Å². The van der Waals surface area contributed by atoms with Gasteiger partial charge in [-0.1, -0.05) is 54.6 Å². The number of benzene rings is 3. The van der Waals surface area contributed by atoms with E-state index in [0.717, 1.165) is 0 Å². The van der Waals surface area contributed by atoms with E-state index in [1.54, 1.807) is 66.7 Å². The standard InChI is InChI=1S/C38H38N2O13/c1-24(41)39-32-34(52-37(47)27-17-9-4-10-18-27)33(51-36(46)26-15-7-3-8-16-26)28(23-49-35(45)25-13-5-2-6-14-25)50-38(32)48-22-12-11-19-31(44)53-40-29(42)20-21-30(40)43/h2-10,13-18,28,32-34,38H,11-12,19-23H2,1H3,(H,39,41)/t28-,32-,33+,34?,38-/m1/s1. The Morgan fingerprint density at radius 2 is 1.23 bits per heavy atom. The number of hydrogen-bond donors (Lipinski definition) is 1. The molecule has 15 nitrogen and oxygen atoms in total. The van der Waals surface area contributed by atoms with Crippen molar-refractivity contribution < 1.29 is 62.1 Å². The summed E-state index contributed by atoms with van der Waals surface area (Å²) in [4.78, 5) is 93.2. The molecule has 2 saturated heterocycles. The van der Waals surface area contributed by atoms with E-state index in [9.17, 15) is 33.6 Å². The normalized spacial score (nSPS) is 21.0. The molecule has 2 fully saturated rings. The lowest BCUT2D eigenvalue weighted by Crippen LogP contribution is -2.66. The van der Waals surface area contributed by atoms with Gasteiger partial charge in [-0.25, -0.2) is 19.2 Å². The number of imide groups is 1. The van der Waals surface area contributed by atoms with Crippen LogP contribution in [0, 0.1) is 0 Å². The maximum absolute atomic E-state index is 13.5. The lowest BCUT2D eigenvalue weighted by Gasteiger charge is -2.45. The van der Waals surface area contributed by atoms with E-state index < -0.39 is 78.8 Å². The van der Waals surface area contributed by atoms with E-state index in [1.165, 1.54) is 31.2 Å². The summed E-state index contributed by atoms with van der Waals surface area (Å²) >= 11 is 0. The Labute approximate surface area is 304 Å². The Kier molecular flexibility index (Phi) is 13.4. The largest absolute Gasteiger partial charge is 0.459 e. The van der Waals surface area contributed by atoms with Crippen molar-refractivity contribution in [3.05, 3.63) is 108 Å². The van der Waals surface area contributed by atoms with Crippen LogP contribution in [0.4, 0.5) is 0 Å². The molecule has 3 aromatic carbocycles. The molecule has 1 unspecified atom stereocenters. The molecule has 3 amide bonds. The van der Waals surface area contributed by atoms with Crippen LogP contribution in [0.3, 0.4) is 0 Å². The van der Waals surface area contributed by atoms with Crippen LogP contribution in [0.1, 0.15) is 70.1 Å². The minimum absolute atomic E-state index is 0.0305. The van der Waals surface area contributed by atoms with Crippen LogP contribution in [0.25, 0.3) is 0 Å². The number of ether oxygens (including phenoxy) is 5. The molecule has 0 bridgehead atoms. The van der Waals surface area contributed by atoms with Gasteiger partial charge in [0.05, 0.1) is 16.7 Å². The molecule has 15 heteroatoms. The van der Waals surface area contributed by atoms with Crippen LogP contribution < -0.4 is 5.32 Å². The van der Waals surface area contributed by atoms with Crippen LogP contribution in [0.2, 0.25) is 0 Å². The first-order valence-corrected chi connectivity index (χ1v) is 17.0. The Hall–Kier alpha value is -5.93. The molecule has 1 N–H and O–H groups in total. The van der Waals surface area contributed by atoms with Gasteiger partial charge in [-0.2, -0.15) is 0 Å². The van der Waals surface area contributed by atoms with Gasteiger partial charge >= 0.3 is 23.9 Å². The number of carbonyl (C=O) groups excluding carboxylic acids is 7. The SMILES string of the molecule is CC(=O)N[C@@H]1C(OC(=O)c2ccccc2)[C@@H](OC(=O)c2ccccc2)[C@@H](COC(=O)c2ccccc2)O[C@H]1OCCCCC(=O)ON1C(=O)CCC1=O. The lowest BCUT2D eigenvalue weighted by molar-refractivity contribution is -0.269.